The molecule has 1 unspecified atom stereocenters. The van der Waals surface area contributed by atoms with Crippen LogP contribution >= 0.6 is 35.3 Å². The zero-order chi connectivity index (χ0) is 19.5. The summed E-state index contributed by atoms with van der Waals surface area (Å²) in [6.07, 6.45) is 4.37. The van der Waals surface area contributed by atoms with Crippen LogP contribution in [0, 0.1) is 6.92 Å². The number of hydrogen-bond acceptors (Lipinski definition) is 4. The summed E-state index contributed by atoms with van der Waals surface area (Å²) in [6.45, 7) is 6.12. The van der Waals surface area contributed by atoms with Crippen molar-refractivity contribution in [3.63, 3.8) is 0 Å². The molecule has 0 aliphatic carbocycles. The molecule has 1 aromatic carbocycles. The summed E-state index contributed by atoms with van der Waals surface area (Å²) in [5.41, 5.74) is 2.46. The molecule has 156 valence electrons. The summed E-state index contributed by atoms with van der Waals surface area (Å²) in [4.78, 5) is 8.81. The molecule has 0 radical (unpaired) electrons. The molecule has 0 bridgehead atoms. The molecule has 2 rings (SSSR count). The second-order valence-corrected chi connectivity index (χ2v) is 7.67. The second kappa shape index (κ2) is 13.8. The summed E-state index contributed by atoms with van der Waals surface area (Å²) in [5, 5.41) is 10.2. The fraction of sp³-hybridized carbons (Fsp3) is 0.524. The molecule has 0 fully saturated rings. The van der Waals surface area contributed by atoms with Gasteiger partial charge >= 0.3 is 0 Å². The van der Waals surface area contributed by atoms with Crippen molar-refractivity contribution < 1.29 is 4.74 Å². The fourth-order valence-electron chi connectivity index (χ4n) is 2.85. The van der Waals surface area contributed by atoms with E-state index in [0.29, 0.717) is 5.92 Å². The van der Waals surface area contributed by atoms with Crippen LogP contribution in [0.25, 0.3) is 0 Å². The fourth-order valence-corrected chi connectivity index (χ4v) is 3.67. The Morgan fingerprint density at radius 3 is 2.50 bits per heavy atom. The van der Waals surface area contributed by atoms with Gasteiger partial charge < -0.3 is 15.4 Å². The molecule has 0 aliphatic rings. The van der Waals surface area contributed by atoms with Crippen LogP contribution in [0.3, 0.4) is 0 Å². The molecule has 0 saturated heterocycles. The Bertz CT molecular complexity index is 703. The molecular formula is C21H33IN4OS. The number of guanidine groups is 1. The molecule has 28 heavy (non-hydrogen) atoms. The van der Waals surface area contributed by atoms with E-state index in [0.717, 1.165) is 56.2 Å². The Balaban J connectivity index is 0.00000392. The molecule has 0 spiro atoms. The van der Waals surface area contributed by atoms with Crippen LogP contribution in [-0.2, 0) is 6.42 Å². The highest BCUT2D eigenvalue weighted by atomic mass is 127. The lowest BCUT2D eigenvalue weighted by Gasteiger charge is -2.15. The Morgan fingerprint density at radius 2 is 1.89 bits per heavy atom. The number of nitrogens with one attached hydrogen (secondary N) is 2. The van der Waals surface area contributed by atoms with Crippen molar-refractivity contribution >= 4 is 41.3 Å². The number of rotatable bonds is 10. The van der Waals surface area contributed by atoms with Crippen LogP contribution in [0.1, 0.15) is 48.4 Å². The van der Waals surface area contributed by atoms with Crippen molar-refractivity contribution in [2.75, 3.05) is 27.2 Å². The lowest BCUT2D eigenvalue weighted by atomic mass is 9.98. The first-order valence-corrected chi connectivity index (χ1v) is 10.5. The number of benzene rings is 1. The Morgan fingerprint density at radius 1 is 1.18 bits per heavy atom. The molecule has 0 aliphatic heterocycles. The molecule has 2 N–H and O–H groups in total. The summed E-state index contributed by atoms with van der Waals surface area (Å²) in [5.74, 6) is 2.27. The van der Waals surface area contributed by atoms with Crippen LogP contribution in [0.2, 0.25) is 0 Å². The highest BCUT2D eigenvalue weighted by Gasteiger charge is 2.06. The van der Waals surface area contributed by atoms with Gasteiger partial charge in [0, 0.05) is 31.2 Å². The summed E-state index contributed by atoms with van der Waals surface area (Å²) in [7, 11) is 3.52. The SMILES string of the molecule is CN=C(NCCCCc1nc(C)cs1)NCCC(C)c1ccc(OC)cc1.I. The number of hydrogen-bond donors (Lipinski definition) is 2. The van der Waals surface area contributed by atoms with Gasteiger partial charge in [0.2, 0.25) is 0 Å². The predicted molar refractivity (Wildman–Crippen MR) is 131 cm³/mol. The van der Waals surface area contributed by atoms with Crippen molar-refractivity contribution in [1.82, 2.24) is 15.6 Å². The average Bonchev–Trinajstić information content (AvgIpc) is 3.11. The third kappa shape index (κ3) is 8.77. The number of aryl methyl sites for hydroxylation is 2. The molecule has 1 aromatic heterocycles. The maximum absolute atomic E-state index is 5.22. The van der Waals surface area contributed by atoms with Gasteiger partial charge in [0.15, 0.2) is 5.96 Å². The van der Waals surface area contributed by atoms with E-state index in [2.05, 4.69) is 45.0 Å². The molecular weight excluding hydrogens is 483 g/mol. The van der Waals surface area contributed by atoms with E-state index in [1.165, 1.54) is 10.6 Å². The van der Waals surface area contributed by atoms with Gasteiger partial charge in [-0.15, -0.1) is 35.3 Å². The number of thiazole rings is 1. The van der Waals surface area contributed by atoms with Gasteiger partial charge in [0.1, 0.15) is 5.75 Å². The minimum Gasteiger partial charge on any atom is -0.497 e. The number of ether oxygens (including phenoxy) is 1. The standard InChI is InChI=1S/C21H32N4OS.HI/c1-16(18-8-10-19(26-4)11-9-18)12-14-24-21(22-3)23-13-6-5-7-20-25-17(2)15-27-20;/h8-11,15-16H,5-7,12-14H2,1-4H3,(H2,22,23,24);1H. The summed E-state index contributed by atoms with van der Waals surface area (Å²) in [6, 6.07) is 8.32. The quantitative estimate of drug-likeness (QED) is 0.207. The first-order chi connectivity index (χ1) is 13.1. The maximum atomic E-state index is 5.22. The molecule has 1 heterocycles. The third-order valence-electron chi connectivity index (χ3n) is 4.55. The van der Waals surface area contributed by atoms with Crippen LogP contribution in [-0.4, -0.2) is 38.2 Å². The lowest BCUT2D eigenvalue weighted by Crippen LogP contribution is -2.38. The van der Waals surface area contributed by atoms with Crippen LogP contribution < -0.4 is 15.4 Å². The van der Waals surface area contributed by atoms with Crippen molar-refractivity contribution in [3.05, 3.63) is 45.9 Å². The number of methoxy groups -OCH3 is 1. The molecule has 2 aromatic rings. The van der Waals surface area contributed by atoms with Crippen molar-refractivity contribution in [2.24, 2.45) is 4.99 Å². The molecule has 0 amide bonds. The van der Waals surface area contributed by atoms with Crippen molar-refractivity contribution in [2.45, 2.75) is 45.4 Å². The number of unbranched alkanes of at least 4 members (excludes halogenated alkanes) is 1. The van der Waals surface area contributed by atoms with Gasteiger partial charge in [-0.25, -0.2) is 4.98 Å². The smallest absolute Gasteiger partial charge is 0.190 e. The molecule has 5 nitrogen and oxygen atoms in total. The van der Waals surface area contributed by atoms with Crippen molar-refractivity contribution in [3.8, 4) is 5.75 Å². The first kappa shape index (κ1) is 24.7. The minimum atomic E-state index is 0. The van der Waals surface area contributed by atoms with Crippen molar-refractivity contribution in [1.29, 1.82) is 0 Å². The van der Waals surface area contributed by atoms with Crippen LogP contribution in [0.4, 0.5) is 0 Å². The maximum Gasteiger partial charge on any atom is 0.190 e. The number of aliphatic imine (C=N–C) groups is 1. The van der Waals surface area contributed by atoms with Gasteiger partial charge in [-0.2, -0.15) is 0 Å². The summed E-state index contributed by atoms with van der Waals surface area (Å²) >= 11 is 1.76. The average molecular weight is 516 g/mol. The van der Waals surface area contributed by atoms with Gasteiger partial charge in [-0.1, -0.05) is 19.1 Å². The van der Waals surface area contributed by atoms with E-state index in [1.54, 1.807) is 18.4 Å². The first-order valence-electron chi connectivity index (χ1n) is 9.62. The number of nitrogens with zero attached hydrogens (tertiary/aromatic N) is 2. The Labute approximate surface area is 190 Å². The van der Waals surface area contributed by atoms with E-state index < -0.39 is 0 Å². The van der Waals surface area contributed by atoms with Gasteiger partial charge in [0.05, 0.1) is 12.1 Å². The Hall–Kier alpha value is -1.35. The number of halogens is 1. The van der Waals surface area contributed by atoms with E-state index in [4.69, 9.17) is 4.74 Å². The second-order valence-electron chi connectivity index (χ2n) is 6.73. The van der Waals surface area contributed by atoms with Crippen LogP contribution in [0.15, 0.2) is 34.6 Å². The molecule has 1 atom stereocenters. The monoisotopic (exact) mass is 516 g/mol. The van der Waals surface area contributed by atoms with Gasteiger partial charge in [0.25, 0.3) is 0 Å². The predicted octanol–water partition coefficient (Wildman–Crippen LogP) is 4.76. The zero-order valence-electron chi connectivity index (χ0n) is 17.3. The normalized spacial score (nSPS) is 12.2. The van der Waals surface area contributed by atoms with E-state index in [-0.39, 0.29) is 24.0 Å². The molecule has 7 heteroatoms. The Kier molecular flexibility index (Phi) is 12.1. The van der Waals surface area contributed by atoms with E-state index in [1.807, 2.05) is 26.1 Å². The minimum absolute atomic E-state index is 0. The highest BCUT2D eigenvalue weighted by molar-refractivity contribution is 14.0. The van der Waals surface area contributed by atoms with Gasteiger partial charge in [-0.05, 0) is 56.2 Å². The lowest BCUT2D eigenvalue weighted by molar-refractivity contribution is 0.414. The zero-order valence-corrected chi connectivity index (χ0v) is 20.5. The number of aromatic nitrogens is 1. The third-order valence-corrected chi connectivity index (χ3v) is 5.58. The molecule has 0 saturated carbocycles. The highest BCUT2D eigenvalue weighted by Crippen LogP contribution is 2.21. The summed E-state index contributed by atoms with van der Waals surface area (Å²) < 4.78 is 5.22. The topological polar surface area (TPSA) is 58.5 Å². The van der Waals surface area contributed by atoms with E-state index in [9.17, 15) is 0 Å². The van der Waals surface area contributed by atoms with E-state index >= 15 is 0 Å². The van der Waals surface area contributed by atoms with Gasteiger partial charge in [-0.3, -0.25) is 4.99 Å². The van der Waals surface area contributed by atoms with Crippen LogP contribution in [0.5, 0.6) is 5.75 Å². The largest absolute Gasteiger partial charge is 0.497 e.